The molecule has 6 heteroatoms. The molecule has 1 unspecified atom stereocenters. The normalized spacial score (nSPS) is 13.0. The third-order valence-corrected chi connectivity index (χ3v) is 2.21. The Morgan fingerprint density at radius 3 is 2.94 bits per heavy atom. The third kappa shape index (κ3) is 5.94. The first kappa shape index (κ1) is 15.2. The third-order valence-electron chi connectivity index (χ3n) is 2.21. The molecule has 1 rings (SSSR count). The summed E-state index contributed by atoms with van der Waals surface area (Å²) in [6.45, 7) is 5.67. The van der Waals surface area contributed by atoms with Crippen molar-refractivity contribution in [2.24, 2.45) is 10.7 Å². The van der Waals surface area contributed by atoms with Crippen LogP contribution >= 0.6 is 24.0 Å². The molecule has 0 aliphatic rings. The highest BCUT2D eigenvalue weighted by molar-refractivity contribution is 14.0. The van der Waals surface area contributed by atoms with E-state index in [-0.39, 0.29) is 24.0 Å². The van der Waals surface area contributed by atoms with Gasteiger partial charge in [0.25, 0.3) is 0 Å². The maximum absolute atomic E-state index is 5.70. The first-order valence-corrected chi connectivity index (χ1v) is 5.24. The molecule has 16 heavy (non-hydrogen) atoms. The van der Waals surface area contributed by atoms with Gasteiger partial charge in [-0.25, -0.2) is 4.98 Å². The van der Waals surface area contributed by atoms with Crippen LogP contribution in [0.15, 0.2) is 23.7 Å². The van der Waals surface area contributed by atoms with Gasteiger partial charge in [0.1, 0.15) is 0 Å². The van der Waals surface area contributed by atoms with Crippen molar-refractivity contribution >= 4 is 29.9 Å². The summed E-state index contributed by atoms with van der Waals surface area (Å²) < 4.78 is 1.97. The first-order chi connectivity index (χ1) is 7.22. The molecular weight excluding hydrogens is 317 g/mol. The predicted molar refractivity (Wildman–Crippen MR) is 77.0 cm³/mol. The molecule has 92 valence electrons. The monoisotopic (exact) mass is 337 g/mol. The van der Waals surface area contributed by atoms with E-state index in [9.17, 15) is 0 Å². The van der Waals surface area contributed by atoms with Gasteiger partial charge in [0.15, 0.2) is 5.96 Å². The Morgan fingerprint density at radius 1 is 1.62 bits per heavy atom. The summed E-state index contributed by atoms with van der Waals surface area (Å²) in [5.41, 5.74) is 5.70. The van der Waals surface area contributed by atoms with Crippen LogP contribution < -0.4 is 11.1 Å². The largest absolute Gasteiger partial charge is 0.370 e. The van der Waals surface area contributed by atoms with Crippen LogP contribution in [0.5, 0.6) is 0 Å². The summed E-state index contributed by atoms with van der Waals surface area (Å²) in [7, 11) is 0. The summed E-state index contributed by atoms with van der Waals surface area (Å²) in [6, 6.07) is 0.377. The van der Waals surface area contributed by atoms with Gasteiger partial charge in [-0.3, -0.25) is 4.99 Å². The average molecular weight is 337 g/mol. The standard InChI is InChI=1S/C10H19N5.HI/c1-3-9(2)14-10(11)13-5-7-15-6-4-12-8-15;/h4,6,8-9H,3,5,7H2,1-2H3,(H3,11,13,14);1H. The summed E-state index contributed by atoms with van der Waals surface area (Å²) in [6.07, 6.45) is 6.48. The van der Waals surface area contributed by atoms with Crippen LogP contribution in [-0.4, -0.2) is 28.1 Å². The van der Waals surface area contributed by atoms with E-state index in [1.54, 1.807) is 12.5 Å². The van der Waals surface area contributed by atoms with E-state index >= 15 is 0 Å². The van der Waals surface area contributed by atoms with Crippen molar-refractivity contribution in [3.63, 3.8) is 0 Å². The van der Waals surface area contributed by atoms with E-state index < -0.39 is 0 Å². The zero-order valence-electron chi connectivity index (χ0n) is 9.76. The first-order valence-electron chi connectivity index (χ1n) is 5.24. The Hall–Kier alpha value is -0.790. The van der Waals surface area contributed by atoms with Crippen LogP contribution in [0.25, 0.3) is 0 Å². The molecule has 1 heterocycles. The molecule has 0 fully saturated rings. The second kappa shape index (κ2) is 8.37. The number of hydrogen-bond donors (Lipinski definition) is 2. The summed E-state index contributed by atoms with van der Waals surface area (Å²) in [4.78, 5) is 8.17. The molecule has 0 saturated carbocycles. The van der Waals surface area contributed by atoms with Gasteiger partial charge >= 0.3 is 0 Å². The number of nitrogens with zero attached hydrogens (tertiary/aromatic N) is 3. The van der Waals surface area contributed by atoms with Crippen molar-refractivity contribution in [3.8, 4) is 0 Å². The highest BCUT2D eigenvalue weighted by Gasteiger charge is 1.98. The number of guanidine groups is 1. The van der Waals surface area contributed by atoms with E-state index in [4.69, 9.17) is 5.73 Å². The van der Waals surface area contributed by atoms with Gasteiger partial charge < -0.3 is 15.6 Å². The topological polar surface area (TPSA) is 68.2 Å². The van der Waals surface area contributed by atoms with Crippen LogP contribution in [0.1, 0.15) is 20.3 Å². The molecule has 5 nitrogen and oxygen atoms in total. The molecule has 0 aromatic carbocycles. The Morgan fingerprint density at radius 2 is 2.38 bits per heavy atom. The van der Waals surface area contributed by atoms with Crippen molar-refractivity contribution < 1.29 is 0 Å². The lowest BCUT2D eigenvalue weighted by atomic mass is 10.3. The predicted octanol–water partition coefficient (Wildman–Crippen LogP) is 1.20. The number of rotatable bonds is 5. The van der Waals surface area contributed by atoms with Gasteiger partial charge in [-0.2, -0.15) is 0 Å². The van der Waals surface area contributed by atoms with Crippen LogP contribution in [0, 0.1) is 0 Å². The summed E-state index contributed by atoms with van der Waals surface area (Å²) >= 11 is 0. The molecule has 0 bridgehead atoms. The van der Waals surface area contributed by atoms with Crippen molar-refractivity contribution in [1.82, 2.24) is 14.9 Å². The van der Waals surface area contributed by atoms with E-state index in [1.807, 2.05) is 10.8 Å². The number of nitrogens with one attached hydrogen (secondary N) is 1. The molecule has 0 spiro atoms. The van der Waals surface area contributed by atoms with Crippen LogP contribution in [-0.2, 0) is 6.54 Å². The van der Waals surface area contributed by atoms with Gasteiger partial charge in [-0.15, -0.1) is 24.0 Å². The number of hydrogen-bond acceptors (Lipinski definition) is 2. The number of aliphatic imine (C=N–C) groups is 1. The highest BCUT2D eigenvalue weighted by Crippen LogP contribution is 1.88. The quantitative estimate of drug-likeness (QED) is 0.482. The Labute approximate surface area is 114 Å². The second-order valence-corrected chi connectivity index (χ2v) is 3.52. The van der Waals surface area contributed by atoms with Crippen LogP contribution in [0.3, 0.4) is 0 Å². The summed E-state index contributed by atoms with van der Waals surface area (Å²) in [5.74, 6) is 0.518. The number of aromatic nitrogens is 2. The fourth-order valence-corrected chi connectivity index (χ4v) is 1.11. The SMILES string of the molecule is CCC(C)NC(N)=NCCn1ccnc1.I. The Balaban J connectivity index is 0.00000225. The highest BCUT2D eigenvalue weighted by atomic mass is 127. The van der Waals surface area contributed by atoms with E-state index in [2.05, 4.69) is 29.1 Å². The minimum Gasteiger partial charge on any atom is -0.370 e. The molecule has 0 aliphatic carbocycles. The zero-order valence-corrected chi connectivity index (χ0v) is 12.1. The molecule has 1 atom stereocenters. The van der Waals surface area contributed by atoms with E-state index in [1.165, 1.54) is 0 Å². The smallest absolute Gasteiger partial charge is 0.188 e. The minimum absolute atomic E-state index is 0. The van der Waals surface area contributed by atoms with Crippen molar-refractivity contribution in [1.29, 1.82) is 0 Å². The molecule has 0 amide bonds. The molecule has 1 aromatic rings. The average Bonchev–Trinajstić information content (AvgIpc) is 2.70. The molecule has 0 aliphatic heterocycles. The molecule has 1 aromatic heterocycles. The molecule has 0 radical (unpaired) electrons. The molecule has 3 N–H and O–H groups in total. The Bertz CT molecular complexity index is 296. The fraction of sp³-hybridized carbons (Fsp3) is 0.600. The van der Waals surface area contributed by atoms with Crippen LogP contribution in [0.4, 0.5) is 0 Å². The van der Waals surface area contributed by atoms with Gasteiger partial charge in [0.2, 0.25) is 0 Å². The van der Waals surface area contributed by atoms with Gasteiger partial charge in [0.05, 0.1) is 12.9 Å². The van der Waals surface area contributed by atoms with E-state index in [0.717, 1.165) is 13.0 Å². The lowest BCUT2D eigenvalue weighted by Crippen LogP contribution is -2.38. The zero-order chi connectivity index (χ0) is 11.1. The maximum Gasteiger partial charge on any atom is 0.188 e. The van der Waals surface area contributed by atoms with Crippen molar-refractivity contribution in [2.45, 2.75) is 32.9 Å². The van der Waals surface area contributed by atoms with Crippen molar-refractivity contribution in [2.75, 3.05) is 6.54 Å². The lowest BCUT2D eigenvalue weighted by Gasteiger charge is -2.11. The van der Waals surface area contributed by atoms with E-state index in [0.29, 0.717) is 18.5 Å². The van der Waals surface area contributed by atoms with Crippen molar-refractivity contribution in [3.05, 3.63) is 18.7 Å². The molecular formula is C10H20IN5. The fourth-order valence-electron chi connectivity index (χ4n) is 1.11. The minimum atomic E-state index is 0. The Kier molecular flexibility index (Phi) is 7.96. The van der Waals surface area contributed by atoms with Gasteiger partial charge in [-0.1, -0.05) is 6.92 Å². The van der Waals surface area contributed by atoms with Gasteiger partial charge in [0, 0.05) is 25.0 Å². The summed E-state index contributed by atoms with van der Waals surface area (Å²) in [5, 5.41) is 3.11. The number of imidazole rings is 1. The van der Waals surface area contributed by atoms with Gasteiger partial charge in [-0.05, 0) is 13.3 Å². The lowest BCUT2D eigenvalue weighted by molar-refractivity contribution is 0.632. The number of nitrogens with two attached hydrogens (primary N) is 1. The maximum atomic E-state index is 5.70. The molecule has 0 saturated heterocycles. The number of halogens is 1. The second-order valence-electron chi connectivity index (χ2n) is 3.52. The van der Waals surface area contributed by atoms with Crippen LogP contribution in [0.2, 0.25) is 0 Å².